The first-order valence-corrected chi connectivity index (χ1v) is 12.3. The van der Waals surface area contributed by atoms with Gasteiger partial charge in [0.05, 0.1) is 0 Å². The topological polar surface area (TPSA) is 68.5 Å². The van der Waals surface area contributed by atoms with E-state index in [9.17, 15) is 4.79 Å². The fourth-order valence-corrected chi connectivity index (χ4v) is 5.14. The van der Waals surface area contributed by atoms with Crippen LogP contribution in [-0.2, 0) is 17.6 Å². The second kappa shape index (κ2) is 9.37. The highest BCUT2D eigenvalue weighted by Gasteiger charge is 2.39. The lowest BCUT2D eigenvalue weighted by atomic mass is 9.98. The minimum Gasteiger partial charge on any atom is -0.448 e. The number of likely N-dealkylation sites (tertiary alicyclic amines) is 1. The summed E-state index contributed by atoms with van der Waals surface area (Å²) < 4.78 is 11.3. The first-order chi connectivity index (χ1) is 17.3. The predicted molar refractivity (Wildman–Crippen MR) is 132 cm³/mol. The van der Waals surface area contributed by atoms with Crippen LogP contribution in [0.4, 0.5) is 4.79 Å². The van der Waals surface area contributed by atoms with Crippen molar-refractivity contribution >= 4 is 6.09 Å². The lowest BCUT2D eigenvalue weighted by Gasteiger charge is -2.37. The van der Waals surface area contributed by atoms with Crippen LogP contribution in [0.25, 0.3) is 11.1 Å². The maximum Gasteiger partial charge on any atom is 0.410 e. The number of aromatic nitrogens is 2. The van der Waals surface area contributed by atoms with Crippen molar-refractivity contribution in [3.63, 3.8) is 0 Å². The SMILES string of the molecule is O=C(OCC1c2ccccc2-c2ccccc21)N1CC[C@@H]1c1nc(CCCc2ccccc2)no1. The molecule has 6 heteroatoms. The third-order valence-electron chi connectivity index (χ3n) is 7.07. The summed E-state index contributed by atoms with van der Waals surface area (Å²) in [5.74, 6) is 1.24. The molecule has 1 atom stereocenters. The largest absolute Gasteiger partial charge is 0.448 e. The van der Waals surface area contributed by atoms with Crippen molar-refractivity contribution in [3.05, 3.63) is 107 Å². The van der Waals surface area contributed by atoms with E-state index in [2.05, 4.69) is 70.8 Å². The number of nitrogens with zero attached hydrogens (tertiary/aromatic N) is 3. The summed E-state index contributed by atoms with van der Waals surface area (Å²) in [6, 6.07) is 26.9. The van der Waals surface area contributed by atoms with E-state index in [1.807, 2.05) is 18.2 Å². The van der Waals surface area contributed by atoms with Gasteiger partial charge in [-0.25, -0.2) is 4.79 Å². The van der Waals surface area contributed by atoms with E-state index >= 15 is 0 Å². The number of fused-ring (bicyclic) bond motifs is 3. The Kier molecular flexibility index (Phi) is 5.78. The summed E-state index contributed by atoms with van der Waals surface area (Å²) in [6.07, 6.45) is 3.14. The van der Waals surface area contributed by atoms with Gasteiger partial charge >= 0.3 is 6.09 Å². The normalized spacial score (nSPS) is 16.5. The molecule has 0 spiro atoms. The van der Waals surface area contributed by atoms with E-state index in [1.165, 1.54) is 27.8 Å². The Labute approximate surface area is 204 Å². The minimum absolute atomic E-state index is 0.0469. The van der Waals surface area contributed by atoms with Gasteiger partial charge in [0.1, 0.15) is 12.6 Å². The maximum absolute atomic E-state index is 12.9. The second-order valence-corrected chi connectivity index (χ2v) is 9.19. The van der Waals surface area contributed by atoms with Gasteiger partial charge in [-0.3, -0.25) is 4.90 Å². The van der Waals surface area contributed by atoms with Crippen LogP contribution in [0.2, 0.25) is 0 Å². The molecule has 4 aromatic rings. The molecule has 0 bridgehead atoms. The van der Waals surface area contributed by atoms with Crippen molar-refractivity contribution < 1.29 is 14.1 Å². The highest BCUT2D eigenvalue weighted by molar-refractivity contribution is 5.79. The Morgan fingerprint density at radius 3 is 2.29 bits per heavy atom. The number of hydrogen-bond donors (Lipinski definition) is 0. The van der Waals surface area contributed by atoms with Gasteiger partial charge in [0, 0.05) is 18.9 Å². The standard InChI is InChI=1S/C29H27N3O3/c33-29(34-19-25-23-14-6-4-12-21(23)22-13-5-7-15-24(22)25)32-18-17-26(32)28-30-27(31-35-28)16-8-11-20-9-2-1-3-10-20/h1-7,9-10,12-15,25-26H,8,11,16-19H2/t26-/m1/s1. The van der Waals surface area contributed by atoms with E-state index in [4.69, 9.17) is 9.26 Å². The van der Waals surface area contributed by atoms with Crippen molar-refractivity contribution in [2.75, 3.05) is 13.2 Å². The molecule has 176 valence electrons. The van der Waals surface area contributed by atoms with Crippen LogP contribution in [0, 0.1) is 0 Å². The molecular formula is C29H27N3O3. The van der Waals surface area contributed by atoms with Gasteiger partial charge in [-0.2, -0.15) is 4.98 Å². The smallest absolute Gasteiger partial charge is 0.410 e. The molecule has 1 saturated heterocycles. The van der Waals surface area contributed by atoms with Crippen molar-refractivity contribution in [3.8, 4) is 11.1 Å². The zero-order valence-electron chi connectivity index (χ0n) is 19.5. The fraction of sp³-hybridized carbons (Fsp3) is 0.276. The lowest BCUT2D eigenvalue weighted by molar-refractivity contribution is 0.0343. The number of aryl methyl sites for hydroxylation is 2. The van der Waals surface area contributed by atoms with Crippen LogP contribution in [0.15, 0.2) is 83.4 Å². The molecule has 0 radical (unpaired) electrons. The number of carbonyl (C=O) groups excluding carboxylic acids is 1. The van der Waals surface area contributed by atoms with Gasteiger partial charge < -0.3 is 9.26 Å². The quantitative estimate of drug-likeness (QED) is 0.338. The molecule has 6 rings (SSSR count). The molecule has 1 amide bonds. The molecular weight excluding hydrogens is 438 g/mol. The summed E-state index contributed by atoms with van der Waals surface area (Å²) in [5.41, 5.74) is 6.15. The Balaban J connectivity index is 1.06. The van der Waals surface area contributed by atoms with Crippen LogP contribution in [0.3, 0.4) is 0 Å². The summed E-state index contributed by atoms with van der Waals surface area (Å²) in [5, 5.41) is 4.14. The van der Waals surface area contributed by atoms with Crippen molar-refractivity contribution in [2.45, 2.75) is 37.6 Å². The average Bonchev–Trinajstić information content (AvgIpc) is 3.45. The minimum atomic E-state index is -0.327. The Morgan fingerprint density at radius 1 is 0.914 bits per heavy atom. The Bertz CT molecular complexity index is 1290. The van der Waals surface area contributed by atoms with Crippen LogP contribution in [0.1, 0.15) is 53.2 Å². The molecule has 1 aromatic heterocycles. The number of benzene rings is 3. The molecule has 1 aliphatic heterocycles. The molecule has 2 aliphatic rings. The van der Waals surface area contributed by atoms with Crippen molar-refractivity contribution in [1.29, 1.82) is 0 Å². The van der Waals surface area contributed by atoms with E-state index in [0.717, 1.165) is 25.7 Å². The Morgan fingerprint density at radius 2 is 1.60 bits per heavy atom. The monoisotopic (exact) mass is 465 g/mol. The third-order valence-corrected chi connectivity index (χ3v) is 7.07. The third kappa shape index (κ3) is 4.20. The van der Waals surface area contributed by atoms with E-state index in [-0.39, 0.29) is 18.1 Å². The van der Waals surface area contributed by atoms with Gasteiger partial charge in [-0.1, -0.05) is 84.0 Å². The van der Waals surface area contributed by atoms with E-state index in [0.29, 0.717) is 24.9 Å². The van der Waals surface area contributed by atoms with Crippen LogP contribution in [-0.4, -0.2) is 34.3 Å². The number of carbonyl (C=O) groups is 1. The first kappa shape index (κ1) is 21.6. The number of ether oxygens (including phenoxy) is 1. The molecule has 0 saturated carbocycles. The summed E-state index contributed by atoms with van der Waals surface area (Å²) in [4.78, 5) is 19.2. The van der Waals surface area contributed by atoms with E-state index < -0.39 is 0 Å². The molecule has 6 nitrogen and oxygen atoms in total. The molecule has 2 heterocycles. The zero-order chi connectivity index (χ0) is 23.6. The lowest BCUT2D eigenvalue weighted by Crippen LogP contribution is -2.45. The number of hydrogen-bond acceptors (Lipinski definition) is 5. The summed E-state index contributed by atoms with van der Waals surface area (Å²) in [6.45, 7) is 0.942. The highest BCUT2D eigenvalue weighted by Crippen LogP contribution is 2.44. The molecule has 0 unspecified atom stereocenters. The van der Waals surface area contributed by atoms with Crippen molar-refractivity contribution in [1.82, 2.24) is 15.0 Å². The number of rotatable bonds is 7. The van der Waals surface area contributed by atoms with Gasteiger partial charge in [0.15, 0.2) is 5.82 Å². The van der Waals surface area contributed by atoms with Gasteiger partial charge in [0.2, 0.25) is 5.89 Å². The van der Waals surface area contributed by atoms with Crippen molar-refractivity contribution in [2.24, 2.45) is 0 Å². The molecule has 35 heavy (non-hydrogen) atoms. The highest BCUT2D eigenvalue weighted by atomic mass is 16.6. The van der Waals surface area contributed by atoms with Gasteiger partial charge in [-0.15, -0.1) is 0 Å². The predicted octanol–water partition coefficient (Wildman–Crippen LogP) is 5.94. The van der Waals surface area contributed by atoms with Crippen LogP contribution < -0.4 is 0 Å². The molecule has 1 aliphatic carbocycles. The fourth-order valence-electron chi connectivity index (χ4n) is 5.14. The van der Waals surface area contributed by atoms with Crippen LogP contribution in [0.5, 0.6) is 0 Å². The molecule has 0 N–H and O–H groups in total. The number of amides is 1. The van der Waals surface area contributed by atoms with Gasteiger partial charge in [0.25, 0.3) is 0 Å². The summed E-state index contributed by atoms with van der Waals surface area (Å²) in [7, 11) is 0. The maximum atomic E-state index is 12.9. The van der Waals surface area contributed by atoms with Crippen LogP contribution >= 0.6 is 0 Å². The zero-order valence-corrected chi connectivity index (χ0v) is 19.5. The summed E-state index contributed by atoms with van der Waals surface area (Å²) >= 11 is 0. The molecule has 3 aromatic carbocycles. The molecule has 1 fully saturated rings. The Hall–Kier alpha value is -3.93. The first-order valence-electron chi connectivity index (χ1n) is 12.3. The second-order valence-electron chi connectivity index (χ2n) is 9.19. The van der Waals surface area contributed by atoms with E-state index in [1.54, 1.807) is 4.90 Å². The van der Waals surface area contributed by atoms with Gasteiger partial charge in [-0.05, 0) is 47.1 Å². The average molecular weight is 466 g/mol.